The summed E-state index contributed by atoms with van der Waals surface area (Å²) < 4.78 is 0. The molecule has 1 saturated carbocycles. The van der Waals surface area contributed by atoms with E-state index in [-0.39, 0.29) is 11.4 Å². The summed E-state index contributed by atoms with van der Waals surface area (Å²) in [6, 6.07) is 8.11. The molecule has 1 amide bonds. The summed E-state index contributed by atoms with van der Waals surface area (Å²) in [7, 11) is 3.95. The highest BCUT2D eigenvalue weighted by atomic mass is 16.1. The van der Waals surface area contributed by atoms with Crippen molar-refractivity contribution >= 4 is 11.6 Å². The fourth-order valence-electron chi connectivity index (χ4n) is 3.50. The van der Waals surface area contributed by atoms with Crippen molar-refractivity contribution < 1.29 is 4.79 Å². The van der Waals surface area contributed by atoms with Gasteiger partial charge in [-0.25, -0.2) is 0 Å². The summed E-state index contributed by atoms with van der Waals surface area (Å²) in [4.78, 5) is 14.7. The molecule has 0 spiro atoms. The first kappa shape index (κ1) is 19.8. The van der Waals surface area contributed by atoms with Crippen LogP contribution in [0.15, 0.2) is 24.3 Å². The highest BCUT2D eigenvalue weighted by molar-refractivity contribution is 5.99. The van der Waals surface area contributed by atoms with Gasteiger partial charge in [-0.1, -0.05) is 18.6 Å². The standard InChI is InChI=1S/C21H35N3O/c1-21(2,3)22-15-16-9-8-10-17(14-13-16)23-20(25)18-11-6-7-12-19(18)24(4)5/h6-7,11-12,16-17,22H,8-10,13-15H2,1-5H3,(H,23,25). The molecule has 0 aromatic heterocycles. The van der Waals surface area contributed by atoms with Crippen LogP contribution in [0.3, 0.4) is 0 Å². The number of benzene rings is 1. The van der Waals surface area contributed by atoms with Gasteiger partial charge < -0.3 is 15.5 Å². The Morgan fingerprint density at radius 3 is 2.52 bits per heavy atom. The lowest BCUT2D eigenvalue weighted by Gasteiger charge is -2.24. The topological polar surface area (TPSA) is 44.4 Å². The molecule has 2 N–H and O–H groups in total. The number of nitrogens with one attached hydrogen (secondary N) is 2. The zero-order valence-corrected chi connectivity index (χ0v) is 16.6. The molecule has 4 heteroatoms. The van der Waals surface area contributed by atoms with Crippen LogP contribution in [0.4, 0.5) is 5.69 Å². The maximum absolute atomic E-state index is 12.7. The van der Waals surface area contributed by atoms with E-state index < -0.39 is 0 Å². The lowest BCUT2D eigenvalue weighted by atomic mass is 9.98. The minimum atomic E-state index is 0.0561. The number of hydrogen-bond donors (Lipinski definition) is 2. The molecule has 1 aliphatic carbocycles. The third kappa shape index (κ3) is 6.35. The van der Waals surface area contributed by atoms with Crippen molar-refractivity contribution in [2.45, 2.75) is 64.5 Å². The summed E-state index contributed by atoms with van der Waals surface area (Å²) in [6.07, 6.45) is 5.79. The van der Waals surface area contributed by atoms with Crippen LogP contribution >= 0.6 is 0 Å². The quantitative estimate of drug-likeness (QED) is 0.798. The summed E-state index contributed by atoms with van der Waals surface area (Å²) in [5, 5.41) is 6.91. The van der Waals surface area contributed by atoms with Crippen LogP contribution in [0.1, 0.15) is 63.2 Å². The molecule has 25 heavy (non-hydrogen) atoms. The summed E-state index contributed by atoms with van der Waals surface area (Å²) >= 11 is 0. The first-order valence-corrected chi connectivity index (χ1v) is 9.58. The number of nitrogens with zero attached hydrogens (tertiary/aromatic N) is 1. The molecule has 2 unspecified atom stereocenters. The van der Waals surface area contributed by atoms with E-state index in [1.807, 2.05) is 43.3 Å². The Morgan fingerprint density at radius 1 is 1.12 bits per heavy atom. The highest BCUT2D eigenvalue weighted by Gasteiger charge is 2.22. The zero-order valence-electron chi connectivity index (χ0n) is 16.6. The zero-order chi connectivity index (χ0) is 18.4. The van der Waals surface area contributed by atoms with Crippen molar-refractivity contribution in [1.82, 2.24) is 10.6 Å². The Hall–Kier alpha value is -1.55. The fourth-order valence-corrected chi connectivity index (χ4v) is 3.50. The van der Waals surface area contributed by atoms with Crippen LogP contribution in [0.2, 0.25) is 0 Å². The van der Waals surface area contributed by atoms with Gasteiger partial charge in [0.25, 0.3) is 5.91 Å². The molecule has 1 aromatic carbocycles. The van der Waals surface area contributed by atoms with E-state index in [4.69, 9.17) is 0 Å². The van der Waals surface area contributed by atoms with Gasteiger partial charge in [-0.05, 0) is 71.0 Å². The smallest absolute Gasteiger partial charge is 0.253 e. The number of para-hydroxylation sites is 1. The Labute approximate surface area is 153 Å². The maximum Gasteiger partial charge on any atom is 0.253 e. The van der Waals surface area contributed by atoms with Gasteiger partial charge in [0.15, 0.2) is 0 Å². The van der Waals surface area contributed by atoms with Crippen LogP contribution in [0, 0.1) is 5.92 Å². The molecule has 1 aliphatic rings. The van der Waals surface area contributed by atoms with E-state index in [9.17, 15) is 4.79 Å². The molecule has 4 nitrogen and oxygen atoms in total. The number of carbonyl (C=O) groups excluding carboxylic acids is 1. The molecular formula is C21H35N3O. The molecule has 0 saturated heterocycles. The fraction of sp³-hybridized carbons (Fsp3) is 0.667. The molecule has 2 rings (SSSR count). The van der Waals surface area contributed by atoms with Crippen molar-refractivity contribution in [3.8, 4) is 0 Å². The van der Waals surface area contributed by atoms with Gasteiger partial charge in [0, 0.05) is 31.4 Å². The first-order chi connectivity index (χ1) is 11.8. The number of rotatable bonds is 5. The first-order valence-electron chi connectivity index (χ1n) is 9.58. The molecule has 0 bridgehead atoms. The van der Waals surface area contributed by atoms with Crippen LogP contribution in [0.5, 0.6) is 0 Å². The SMILES string of the molecule is CN(C)c1ccccc1C(=O)NC1CCCC(CNC(C)(C)C)CC1. The van der Waals surface area contributed by atoms with Gasteiger partial charge in [-0.15, -0.1) is 0 Å². The average molecular weight is 346 g/mol. The van der Waals surface area contributed by atoms with Gasteiger partial charge in [-0.3, -0.25) is 4.79 Å². The number of amides is 1. The van der Waals surface area contributed by atoms with E-state index >= 15 is 0 Å². The second-order valence-corrected chi connectivity index (χ2v) is 8.59. The summed E-state index contributed by atoms with van der Waals surface area (Å²) in [5.74, 6) is 0.774. The van der Waals surface area contributed by atoms with Gasteiger partial charge >= 0.3 is 0 Å². The Bertz CT molecular complexity index is 563. The Morgan fingerprint density at radius 2 is 1.84 bits per heavy atom. The van der Waals surface area contributed by atoms with Crippen LogP contribution in [0.25, 0.3) is 0 Å². The molecule has 0 heterocycles. The van der Waals surface area contributed by atoms with Gasteiger partial charge in [0.05, 0.1) is 5.56 Å². The van der Waals surface area contributed by atoms with Gasteiger partial charge in [-0.2, -0.15) is 0 Å². The summed E-state index contributed by atoms with van der Waals surface area (Å²) in [6.45, 7) is 7.73. The third-order valence-electron chi connectivity index (χ3n) is 4.98. The lowest BCUT2D eigenvalue weighted by Crippen LogP contribution is -2.39. The second kappa shape index (κ2) is 8.70. The van der Waals surface area contributed by atoms with E-state index in [2.05, 4.69) is 31.4 Å². The van der Waals surface area contributed by atoms with Crippen molar-refractivity contribution in [1.29, 1.82) is 0 Å². The van der Waals surface area contributed by atoms with Crippen LogP contribution in [-0.2, 0) is 0 Å². The number of anilines is 1. The molecule has 1 aromatic rings. The van der Waals surface area contributed by atoms with Crippen molar-refractivity contribution in [2.75, 3.05) is 25.5 Å². The third-order valence-corrected chi connectivity index (χ3v) is 4.98. The maximum atomic E-state index is 12.7. The van der Waals surface area contributed by atoms with Crippen molar-refractivity contribution in [2.24, 2.45) is 5.92 Å². The van der Waals surface area contributed by atoms with Gasteiger partial charge in [0.1, 0.15) is 0 Å². The molecule has 0 radical (unpaired) electrons. The Balaban J connectivity index is 1.90. The van der Waals surface area contributed by atoms with Gasteiger partial charge in [0.2, 0.25) is 0 Å². The minimum Gasteiger partial charge on any atom is -0.377 e. The second-order valence-electron chi connectivity index (χ2n) is 8.59. The Kier molecular flexibility index (Phi) is 6.88. The predicted molar refractivity (Wildman–Crippen MR) is 106 cm³/mol. The van der Waals surface area contributed by atoms with E-state index in [0.717, 1.165) is 36.6 Å². The molecule has 140 valence electrons. The predicted octanol–water partition coefficient (Wildman–Crippen LogP) is 3.82. The monoisotopic (exact) mass is 345 g/mol. The molecule has 0 aliphatic heterocycles. The molecule has 2 atom stereocenters. The molecule has 1 fully saturated rings. The highest BCUT2D eigenvalue weighted by Crippen LogP contribution is 2.24. The number of carbonyl (C=O) groups is 1. The normalized spacial score (nSPS) is 21.5. The lowest BCUT2D eigenvalue weighted by molar-refractivity contribution is 0.0933. The van der Waals surface area contributed by atoms with E-state index in [0.29, 0.717) is 6.04 Å². The van der Waals surface area contributed by atoms with Crippen molar-refractivity contribution in [3.63, 3.8) is 0 Å². The van der Waals surface area contributed by atoms with Crippen LogP contribution < -0.4 is 15.5 Å². The van der Waals surface area contributed by atoms with Crippen LogP contribution in [-0.4, -0.2) is 38.1 Å². The van der Waals surface area contributed by atoms with E-state index in [1.54, 1.807) is 0 Å². The average Bonchev–Trinajstić information content (AvgIpc) is 2.77. The number of hydrogen-bond acceptors (Lipinski definition) is 3. The van der Waals surface area contributed by atoms with Crippen molar-refractivity contribution in [3.05, 3.63) is 29.8 Å². The molecular weight excluding hydrogens is 310 g/mol. The summed E-state index contributed by atoms with van der Waals surface area (Å²) in [5.41, 5.74) is 1.92. The minimum absolute atomic E-state index is 0.0561. The van der Waals surface area contributed by atoms with E-state index in [1.165, 1.54) is 19.3 Å². The largest absolute Gasteiger partial charge is 0.377 e.